The summed E-state index contributed by atoms with van der Waals surface area (Å²) in [7, 11) is -0.450. The Kier molecular flexibility index (Phi) is 7.09. The van der Waals surface area contributed by atoms with E-state index in [0.29, 0.717) is 0 Å². The normalized spacial score (nSPS) is 23.8. The van der Waals surface area contributed by atoms with Crippen LogP contribution in [-0.4, -0.2) is 12.3 Å². The van der Waals surface area contributed by atoms with Crippen LogP contribution < -0.4 is 15.9 Å². The average molecular weight is 408 g/mol. The zero-order valence-corrected chi connectivity index (χ0v) is 18.4. The lowest BCUT2D eigenvalue weighted by Gasteiger charge is -2.35. The molecule has 1 aliphatic rings. The Labute approximate surface area is 167 Å². The van der Waals surface area contributed by atoms with Crippen LogP contribution in [0.2, 0.25) is 0 Å². The van der Waals surface area contributed by atoms with Crippen LogP contribution in [0.25, 0.3) is 0 Å². The van der Waals surface area contributed by atoms with Crippen LogP contribution >= 0.6 is 22.5 Å². The Morgan fingerprint density at radius 2 is 0.778 bits per heavy atom. The van der Waals surface area contributed by atoms with Gasteiger partial charge in [0.05, 0.1) is 0 Å². The molecule has 3 aromatic carbocycles. The zero-order chi connectivity index (χ0) is 18.3. The molecule has 0 nitrogen and oxygen atoms in total. The average Bonchev–Trinajstić information content (AvgIpc) is 2.86. The second kappa shape index (κ2) is 9.94. The molecule has 0 radical (unpaired) electrons. The second-order valence-corrected chi connectivity index (χ2v) is 17.8. The topological polar surface area (TPSA) is 0 Å². The van der Waals surface area contributed by atoms with E-state index in [0.717, 1.165) is 0 Å². The van der Waals surface area contributed by atoms with Gasteiger partial charge >= 0.3 is 0 Å². The third-order valence-corrected chi connectivity index (χ3v) is 20.6. The van der Waals surface area contributed by atoms with Crippen molar-refractivity contribution in [2.75, 3.05) is 12.3 Å². The largest absolute Gasteiger partial charge is 0.0622 e. The van der Waals surface area contributed by atoms with Gasteiger partial charge in [-0.2, -0.15) is 0 Å². The third kappa shape index (κ3) is 4.87. The molecular weight excluding hydrogens is 381 g/mol. The lowest BCUT2D eigenvalue weighted by Crippen LogP contribution is -2.11. The standard InChI is InChI=1S/C24H27P3/c1-2-13-21-26(23-16-8-4-9-17-23)27(24-18-10-5-11-19-24)25(20-12-1)22-14-6-3-7-15-22/h3-11,14-19H,1-2,12-13,20-21H2. The molecular formula is C24H27P3. The first-order valence-corrected chi connectivity index (χ1v) is 15.7. The van der Waals surface area contributed by atoms with Gasteiger partial charge in [0.2, 0.25) is 0 Å². The quantitative estimate of drug-likeness (QED) is 0.418. The Morgan fingerprint density at radius 3 is 1.19 bits per heavy atom. The van der Waals surface area contributed by atoms with Crippen LogP contribution in [0.15, 0.2) is 91.0 Å². The molecule has 4 rings (SSSR count). The predicted molar refractivity (Wildman–Crippen MR) is 127 cm³/mol. The Bertz CT molecular complexity index is 753. The van der Waals surface area contributed by atoms with Gasteiger partial charge in [-0.3, -0.25) is 0 Å². The van der Waals surface area contributed by atoms with E-state index in [1.54, 1.807) is 15.9 Å². The lowest BCUT2D eigenvalue weighted by atomic mass is 10.2. The second-order valence-electron chi connectivity index (χ2n) is 6.96. The summed E-state index contributed by atoms with van der Waals surface area (Å²) >= 11 is 0. The summed E-state index contributed by atoms with van der Waals surface area (Å²) in [5, 5.41) is 4.86. The van der Waals surface area contributed by atoms with Crippen molar-refractivity contribution in [2.45, 2.75) is 25.7 Å². The van der Waals surface area contributed by atoms with Crippen LogP contribution in [0.5, 0.6) is 0 Å². The SMILES string of the molecule is c1ccc(P2CCCCCCP(c3ccccc3)P2c2ccccc2)cc1. The van der Waals surface area contributed by atoms with Crippen LogP contribution in [-0.2, 0) is 0 Å². The summed E-state index contributed by atoms with van der Waals surface area (Å²) in [5.41, 5.74) is 0. The van der Waals surface area contributed by atoms with Gasteiger partial charge in [0, 0.05) is 0 Å². The van der Waals surface area contributed by atoms with E-state index in [4.69, 9.17) is 0 Å². The van der Waals surface area contributed by atoms with Crippen LogP contribution in [0.3, 0.4) is 0 Å². The highest BCUT2D eigenvalue weighted by Gasteiger charge is 2.32. The van der Waals surface area contributed by atoms with Crippen molar-refractivity contribution in [3.05, 3.63) is 91.0 Å². The molecule has 0 aromatic heterocycles. The van der Waals surface area contributed by atoms with Gasteiger partial charge in [0.25, 0.3) is 0 Å². The molecule has 0 saturated carbocycles. The van der Waals surface area contributed by atoms with E-state index in [1.165, 1.54) is 38.0 Å². The molecule has 2 unspecified atom stereocenters. The molecule has 0 bridgehead atoms. The van der Waals surface area contributed by atoms with Crippen molar-refractivity contribution in [1.29, 1.82) is 0 Å². The Balaban J connectivity index is 1.83. The summed E-state index contributed by atoms with van der Waals surface area (Å²) in [6.45, 7) is 0. The maximum Gasteiger partial charge on any atom is -0.0148 e. The molecule has 1 aliphatic heterocycles. The first-order chi connectivity index (χ1) is 13.4. The fourth-order valence-corrected chi connectivity index (χ4v) is 21.5. The molecule has 27 heavy (non-hydrogen) atoms. The van der Waals surface area contributed by atoms with Crippen LogP contribution in [0.1, 0.15) is 25.7 Å². The molecule has 138 valence electrons. The van der Waals surface area contributed by atoms with Gasteiger partial charge in [-0.15, -0.1) is 0 Å². The fraction of sp³-hybridized carbons (Fsp3) is 0.250. The van der Waals surface area contributed by atoms with Gasteiger partial charge in [0.15, 0.2) is 0 Å². The maximum atomic E-state index is 2.42. The van der Waals surface area contributed by atoms with Crippen LogP contribution in [0.4, 0.5) is 0 Å². The highest BCUT2D eigenvalue weighted by Crippen LogP contribution is 2.85. The van der Waals surface area contributed by atoms with E-state index in [2.05, 4.69) is 91.0 Å². The van der Waals surface area contributed by atoms with Crippen molar-refractivity contribution in [3.8, 4) is 0 Å². The summed E-state index contributed by atoms with van der Waals surface area (Å²) in [5.74, 6) is 0. The van der Waals surface area contributed by atoms with Crippen molar-refractivity contribution in [1.82, 2.24) is 0 Å². The molecule has 1 saturated heterocycles. The van der Waals surface area contributed by atoms with Gasteiger partial charge in [-0.25, -0.2) is 0 Å². The molecule has 0 spiro atoms. The highest BCUT2D eigenvalue weighted by molar-refractivity contribution is 8.66. The summed E-state index contributed by atoms with van der Waals surface area (Å²) < 4.78 is 0. The van der Waals surface area contributed by atoms with Crippen molar-refractivity contribution in [2.24, 2.45) is 0 Å². The highest BCUT2D eigenvalue weighted by atomic mass is 32.5. The van der Waals surface area contributed by atoms with Crippen molar-refractivity contribution >= 4 is 38.4 Å². The molecule has 0 aliphatic carbocycles. The third-order valence-electron chi connectivity index (χ3n) is 5.04. The number of hydrogen-bond donors (Lipinski definition) is 0. The molecule has 2 atom stereocenters. The van der Waals surface area contributed by atoms with Gasteiger partial charge in [-0.1, -0.05) is 104 Å². The first kappa shape index (κ1) is 19.3. The summed E-state index contributed by atoms with van der Waals surface area (Å²) in [6, 6.07) is 34.4. The molecule has 0 N–H and O–H groups in total. The van der Waals surface area contributed by atoms with Gasteiger partial charge in [-0.05, 0) is 63.6 Å². The van der Waals surface area contributed by atoms with Crippen molar-refractivity contribution in [3.63, 3.8) is 0 Å². The van der Waals surface area contributed by atoms with E-state index in [-0.39, 0.29) is 22.5 Å². The minimum Gasteiger partial charge on any atom is -0.0622 e. The lowest BCUT2D eigenvalue weighted by molar-refractivity contribution is 0.710. The molecule has 1 fully saturated rings. The summed E-state index contributed by atoms with van der Waals surface area (Å²) in [6.07, 6.45) is 8.38. The monoisotopic (exact) mass is 408 g/mol. The Hall–Kier alpha value is -1.05. The van der Waals surface area contributed by atoms with E-state index >= 15 is 0 Å². The maximum absolute atomic E-state index is 2.42. The van der Waals surface area contributed by atoms with Gasteiger partial charge in [0.1, 0.15) is 0 Å². The minimum atomic E-state index is -0.177. The summed E-state index contributed by atoms with van der Waals surface area (Å²) in [4.78, 5) is 0. The predicted octanol–water partition coefficient (Wildman–Crippen LogP) is 6.81. The van der Waals surface area contributed by atoms with E-state index < -0.39 is 0 Å². The molecule has 3 heteroatoms. The molecule has 3 aromatic rings. The van der Waals surface area contributed by atoms with E-state index in [1.807, 2.05) is 0 Å². The number of rotatable bonds is 3. The fourth-order valence-electron chi connectivity index (χ4n) is 3.71. The number of benzene rings is 3. The number of hydrogen-bond acceptors (Lipinski definition) is 0. The van der Waals surface area contributed by atoms with E-state index in [9.17, 15) is 0 Å². The van der Waals surface area contributed by atoms with Crippen molar-refractivity contribution < 1.29 is 0 Å². The smallest absolute Gasteiger partial charge is 0.0148 e. The minimum absolute atomic E-state index is 0.137. The Morgan fingerprint density at radius 1 is 0.407 bits per heavy atom. The molecule has 1 heterocycles. The first-order valence-electron chi connectivity index (χ1n) is 9.94. The van der Waals surface area contributed by atoms with Gasteiger partial charge < -0.3 is 0 Å². The molecule has 0 amide bonds. The van der Waals surface area contributed by atoms with Crippen LogP contribution in [0, 0.1) is 0 Å². The zero-order valence-electron chi connectivity index (χ0n) is 15.7.